The molecule has 0 amide bonds. The highest BCUT2D eigenvalue weighted by Crippen LogP contribution is 2.50. The minimum absolute atomic E-state index is 0.240. The first-order valence-corrected chi connectivity index (χ1v) is 4.93. The zero-order chi connectivity index (χ0) is 8.77. The second-order valence-corrected chi connectivity index (χ2v) is 4.64. The molecule has 12 heavy (non-hydrogen) atoms. The first-order chi connectivity index (χ1) is 5.64. The Balaban J connectivity index is 2.10. The number of rotatable bonds is 1. The van der Waals surface area contributed by atoms with Crippen LogP contribution in [-0.2, 0) is 4.74 Å². The summed E-state index contributed by atoms with van der Waals surface area (Å²) in [7, 11) is 0. The highest BCUT2D eigenvalue weighted by atomic mass is 16.6. The summed E-state index contributed by atoms with van der Waals surface area (Å²) in [4.78, 5) is 0. The van der Waals surface area contributed by atoms with Gasteiger partial charge in [0.25, 0.3) is 0 Å². The van der Waals surface area contributed by atoms with Gasteiger partial charge in [-0.1, -0.05) is 19.1 Å². The molecular formula is C11H18O. The van der Waals surface area contributed by atoms with Crippen LogP contribution in [0.1, 0.15) is 33.1 Å². The SMILES string of the molecule is C=C(C)[C@@H]1CC[C@H](C)CC12CO2. The normalized spacial score (nSPS) is 46.2. The molecule has 1 aliphatic heterocycles. The third-order valence-corrected chi connectivity index (χ3v) is 3.39. The van der Waals surface area contributed by atoms with Crippen molar-refractivity contribution in [3.05, 3.63) is 12.2 Å². The Morgan fingerprint density at radius 3 is 2.67 bits per heavy atom. The minimum atomic E-state index is 0.240. The van der Waals surface area contributed by atoms with Crippen LogP contribution in [0.2, 0.25) is 0 Å². The van der Waals surface area contributed by atoms with E-state index in [2.05, 4.69) is 20.4 Å². The first kappa shape index (κ1) is 8.31. The average Bonchev–Trinajstić information content (AvgIpc) is 2.68. The van der Waals surface area contributed by atoms with Crippen molar-refractivity contribution in [2.75, 3.05) is 6.61 Å². The van der Waals surface area contributed by atoms with Crippen molar-refractivity contribution in [3.8, 4) is 0 Å². The van der Waals surface area contributed by atoms with Crippen LogP contribution in [0.5, 0.6) is 0 Å². The fraction of sp³-hybridized carbons (Fsp3) is 0.818. The Morgan fingerprint density at radius 1 is 1.50 bits per heavy atom. The van der Waals surface area contributed by atoms with Crippen molar-refractivity contribution in [1.82, 2.24) is 0 Å². The van der Waals surface area contributed by atoms with Gasteiger partial charge in [-0.05, 0) is 32.1 Å². The van der Waals surface area contributed by atoms with Crippen LogP contribution in [0.25, 0.3) is 0 Å². The number of hydrogen-bond acceptors (Lipinski definition) is 1. The van der Waals surface area contributed by atoms with Crippen LogP contribution < -0.4 is 0 Å². The predicted molar refractivity (Wildman–Crippen MR) is 50.0 cm³/mol. The molecule has 2 fully saturated rings. The molecule has 0 aromatic carbocycles. The maximum absolute atomic E-state index is 5.62. The van der Waals surface area contributed by atoms with Gasteiger partial charge in [0, 0.05) is 5.92 Å². The standard InChI is InChI=1S/C11H18O/c1-8(2)10-5-4-9(3)6-11(10)7-12-11/h9-10H,1,4-7H2,2-3H3/t9-,10-,11?/m0/s1. The lowest BCUT2D eigenvalue weighted by atomic mass is 9.72. The van der Waals surface area contributed by atoms with Crippen molar-refractivity contribution >= 4 is 0 Å². The Morgan fingerprint density at radius 2 is 2.17 bits per heavy atom. The number of hydrogen-bond donors (Lipinski definition) is 0. The summed E-state index contributed by atoms with van der Waals surface area (Å²) in [6.07, 6.45) is 3.89. The molecule has 1 unspecified atom stereocenters. The van der Waals surface area contributed by atoms with E-state index in [-0.39, 0.29) is 5.60 Å². The van der Waals surface area contributed by atoms with Gasteiger partial charge in [-0.15, -0.1) is 0 Å². The van der Waals surface area contributed by atoms with Gasteiger partial charge >= 0.3 is 0 Å². The van der Waals surface area contributed by atoms with E-state index in [4.69, 9.17) is 4.74 Å². The van der Waals surface area contributed by atoms with Crippen molar-refractivity contribution in [2.45, 2.75) is 38.7 Å². The third-order valence-electron chi connectivity index (χ3n) is 3.39. The average molecular weight is 166 g/mol. The minimum Gasteiger partial charge on any atom is -0.369 e. The molecule has 1 saturated carbocycles. The molecule has 0 N–H and O–H groups in total. The van der Waals surface area contributed by atoms with Crippen molar-refractivity contribution < 1.29 is 4.74 Å². The van der Waals surface area contributed by atoms with Gasteiger partial charge in [-0.3, -0.25) is 0 Å². The van der Waals surface area contributed by atoms with Crippen LogP contribution in [0.3, 0.4) is 0 Å². The highest BCUT2D eigenvalue weighted by molar-refractivity contribution is 5.14. The lowest BCUT2D eigenvalue weighted by Gasteiger charge is -2.33. The monoisotopic (exact) mass is 166 g/mol. The quantitative estimate of drug-likeness (QED) is 0.431. The molecule has 0 aromatic rings. The third kappa shape index (κ3) is 1.20. The second-order valence-electron chi connectivity index (χ2n) is 4.64. The van der Waals surface area contributed by atoms with Crippen LogP contribution in [0, 0.1) is 11.8 Å². The largest absolute Gasteiger partial charge is 0.369 e. The molecule has 0 aromatic heterocycles. The maximum atomic E-state index is 5.62. The van der Waals surface area contributed by atoms with Crippen LogP contribution in [-0.4, -0.2) is 12.2 Å². The molecule has 2 aliphatic rings. The van der Waals surface area contributed by atoms with E-state index >= 15 is 0 Å². The topological polar surface area (TPSA) is 12.5 Å². The smallest absolute Gasteiger partial charge is 0.0983 e. The lowest BCUT2D eigenvalue weighted by molar-refractivity contribution is 0.149. The van der Waals surface area contributed by atoms with E-state index in [1.54, 1.807) is 0 Å². The van der Waals surface area contributed by atoms with Crippen LogP contribution >= 0.6 is 0 Å². The van der Waals surface area contributed by atoms with Crippen molar-refractivity contribution in [3.63, 3.8) is 0 Å². The molecule has 0 radical (unpaired) electrons. The van der Waals surface area contributed by atoms with Gasteiger partial charge < -0.3 is 4.74 Å². The summed E-state index contributed by atoms with van der Waals surface area (Å²) in [5, 5.41) is 0. The van der Waals surface area contributed by atoms with Gasteiger partial charge in [0.15, 0.2) is 0 Å². The van der Waals surface area contributed by atoms with Gasteiger partial charge in [-0.25, -0.2) is 0 Å². The molecule has 1 spiro atoms. The van der Waals surface area contributed by atoms with E-state index in [1.165, 1.54) is 24.8 Å². The Kier molecular flexibility index (Phi) is 1.80. The van der Waals surface area contributed by atoms with Crippen molar-refractivity contribution in [2.24, 2.45) is 11.8 Å². The Bertz CT molecular complexity index is 203. The molecule has 1 nitrogen and oxygen atoms in total. The zero-order valence-electron chi connectivity index (χ0n) is 8.10. The maximum Gasteiger partial charge on any atom is 0.0983 e. The van der Waals surface area contributed by atoms with Gasteiger partial charge in [0.1, 0.15) is 0 Å². The summed E-state index contributed by atoms with van der Waals surface area (Å²) < 4.78 is 5.62. The molecule has 2 rings (SSSR count). The molecule has 1 heteroatoms. The van der Waals surface area contributed by atoms with Gasteiger partial charge in [0.05, 0.1) is 12.2 Å². The number of ether oxygens (including phenoxy) is 1. The fourth-order valence-corrected chi connectivity index (χ4v) is 2.66. The molecule has 68 valence electrons. The molecule has 1 aliphatic carbocycles. The van der Waals surface area contributed by atoms with Crippen LogP contribution in [0.4, 0.5) is 0 Å². The molecule has 0 bridgehead atoms. The fourth-order valence-electron chi connectivity index (χ4n) is 2.66. The Hall–Kier alpha value is -0.300. The van der Waals surface area contributed by atoms with E-state index in [9.17, 15) is 0 Å². The van der Waals surface area contributed by atoms with E-state index in [0.29, 0.717) is 5.92 Å². The molecule has 3 atom stereocenters. The summed E-state index contributed by atoms with van der Waals surface area (Å²) in [5.74, 6) is 1.50. The summed E-state index contributed by atoms with van der Waals surface area (Å²) >= 11 is 0. The van der Waals surface area contributed by atoms with Crippen molar-refractivity contribution in [1.29, 1.82) is 0 Å². The molecule has 1 saturated heterocycles. The second kappa shape index (κ2) is 2.59. The summed E-state index contributed by atoms with van der Waals surface area (Å²) in [6.45, 7) is 9.51. The Labute approximate surface area is 74.8 Å². The van der Waals surface area contributed by atoms with E-state index in [0.717, 1.165) is 12.5 Å². The number of epoxide rings is 1. The van der Waals surface area contributed by atoms with Gasteiger partial charge in [0.2, 0.25) is 0 Å². The van der Waals surface area contributed by atoms with E-state index < -0.39 is 0 Å². The lowest BCUT2D eigenvalue weighted by Crippen LogP contribution is -2.32. The van der Waals surface area contributed by atoms with E-state index in [1.807, 2.05) is 0 Å². The predicted octanol–water partition coefficient (Wildman–Crippen LogP) is 2.77. The molecule has 1 heterocycles. The summed E-state index contributed by atoms with van der Waals surface area (Å²) in [6, 6.07) is 0. The highest BCUT2D eigenvalue weighted by Gasteiger charge is 2.53. The van der Waals surface area contributed by atoms with Gasteiger partial charge in [-0.2, -0.15) is 0 Å². The zero-order valence-corrected chi connectivity index (χ0v) is 8.10. The molecular weight excluding hydrogens is 148 g/mol. The van der Waals surface area contributed by atoms with Crippen LogP contribution in [0.15, 0.2) is 12.2 Å². The summed E-state index contributed by atoms with van der Waals surface area (Å²) in [5.41, 5.74) is 1.56. The first-order valence-electron chi connectivity index (χ1n) is 4.93.